The minimum Gasteiger partial charge on any atom is -0.204 e. The lowest BCUT2D eigenvalue weighted by Gasteiger charge is -1.99. The third kappa shape index (κ3) is 1.22. The summed E-state index contributed by atoms with van der Waals surface area (Å²) in [4.78, 5) is 0. The van der Waals surface area contributed by atoms with Crippen LogP contribution in [0.1, 0.15) is 0 Å². The van der Waals surface area contributed by atoms with Gasteiger partial charge in [0.05, 0.1) is 0 Å². The molecule has 1 rings (SSSR count). The number of rotatable bonds is 0. The van der Waals surface area contributed by atoms with E-state index in [9.17, 15) is 17.6 Å². The van der Waals surface area contributed by atoms with Crippen LogP contribution in [0.4, 0.5) is 17.6 Å². The van der Waals surface area contributed by atoms with Gasteiger partial charge in [-0.2, -0.15) is 0 Å². The molecule has 0 atom stereocenters. The molecule has 0 aliphatic rings. The number of halogens is 4. The Balaban J connectivity index is 3.46. The molecule has 58 valence electrons. The Morgan fingerprint density at radius 3 is 2.00 bits per heavy atom. The van der Waals surface area contributed by atoms with Crippen LogP contribution in [-0.2, 0) is 0 Å². The molecule has 0 N–H and O–H groups in total. The van der Waals surface area contributed by atoms with E-state index in [-0.39, 0.29) is 5.46 Å². The second-order valence-corrected chi connectivity index (χ2v) is 2.12. The Kier molecular flexibility index (Phi) is 1.89. The van der Waals surface area contributed by atoms with E-state index < -0.39 is 23.3 Å². The molecule has 0 aliphatic heterocycles. The van der Waals surface area contributed by atoms with Crippen molar-refractivity contribution in [3.63, 3.8) is 0 Å². The van der Waals surface area contributed by atoms with Crippen molar-refractivity contribution in [2.45, 2.75) is 0 Å². The molecule has 11 heavy (non-hydrogen) atoms. The first-order chi connectivity index (χ1) is 5.04. The molecule has 0 heterocycles. The zero-order valence-electron chi connectivity index (χ0n) is 5.59. The predicted molar refractivity (Wildman–Crippen MR) is 34.5 cm³/mol. The van der Waals surface area contributed by atoms with Crippen LogP contribution < -0.4 is 5.46 Å². The number of hydrogen-bond acceptors (Lipinski definition) is 0. The third-order valence-electron chi connectivity index (χ3n) is 1.28. The lowest BCUT2D eigenvalue weighted by atomic mass is 9.95. The Morgan fingerprint density at radius 1 is 0.909 bits per heavy atom. The summed E-state index contributed by atoms with van der Waals surface area (Å²) in [6, 6.07) is 0.605. The summed E-state index contributed by atoms with van der Waals surface area (Å²) in [7, 11) is 1.15. The molecule has 0 nitrogen and oxygen atoms in total. The molecular formula is C6H3BF4. The molecule has 0 fully saturated rings. The molecule has 5 heteroatoms. The summed E-state index contributed by atoms with van der Waals surface area (Å²) >= 11 is 0. The quantitative estimate of drug-likeness (QED) is 0.225. The van der Waals surface area contributed by atoms with Crippen LogP contribution in [0.15, 0.2) is 6.07 Å². The van der Waals surface area contributed by atoms with E-state index in [4.69, 9.17) is 0 Å². The monoisotopic (exact) mass is 162 g/mol. The number of benzene rings is 1. The Morgan fingerprint density at radius 2 is 1.45 bits per heavy atom. The fourth-order valence-corrected chi connectivity index (χ4v) is 0.691. The summed E-state index contributed by atoms with van der Waals surface area (Å²) in [5.41, 5.74) is -0.249. The van der Waals surface area contributed by atoms with Gasteiger partial charge < -0.3 is 0 Å². The van der Waals surface area contributed by atoms with Gasteiger partial charge in [-0.25, -0.2) is 17.6 Å². The van der Waals surface area contributed by atoms with Crippen molar-refractivity contribution >= 4 is 13.3 Å². The molecule has 0 spiro atoms. The van der Waals surface area contributed by atoms with Gasteiger partial charge in [0.1, 0.15) is 7.85 Å². The first-order valence-corrected chi connectivity index (χ1v) is 2.83. The molecule has 0 bridgehead atoms. The second kappa shape index (κ2) is 2.56. The lowest BCUT2D eigenvalue weighted by molar-refractivity contribution is 0.412. The maximum Gasteiger partial charge on any atom is 0.197 e. The van der Waals surface area contributed by atoms with Gasteiger partial charge in [-0.15, -0.1) is 0 Å². The van der Waals surface area contributed by atoms with E-state index in [1.54, 1.807) is 0 Å². The summed E-state index contributed by atoms with van der Waals surface area (Å²) in [6.07, 6.45) is 0. The van der Waals surface area contributed by atoms with Crippen LogP contribution >= 0.6 is 0 Å². The highest BCUT2D eigenvalue weighted by atomic mass is 19.2. The summed E-state index contributed by atoms with van der Waals surface area (Å²) in [5, 5.41) is 0. The molecule has 0 aliphatic carbocycles. The fourth-order valence-electron chi connectivity index (χ4n) is 0.691. The molecule has 1 aromatic carbocycles. The summed E-state index contributed by atoms with van der Waals surface area (Å²) < 4.78 is 49.1. The summed E-state index contributed by atoms with van der Waals surface area (Å²) in [5.74, 6) is -6.25. The maximum atomic E-state index is 12.4. The van der Waals surface area contributed by atoms with Crippen LogP contribution in [0.3, 0.4) is 0 Å². The Bertz CT molecular complexity index is 271. The van der Waals surface area contributed by atoms with Gasteiger partial charge in [-0.3, -0.25) is 0 Å². The van der Waals surface area contributed by atoms with Gasteiger partial charge in [-0.05, 0) is 11.5 Å². The topological polar surface area (TPSA) is 0 Å². The van der Waals surface area contributed by atoms with E-state index in [0.717, 1.165) is 7.85 Å². The van der Waals surface area contributed by atoms with Crippen LogP contribution in [0, 0.1) is 23.3 Å². The smallest absolute Gasteiger partial charge is 0.197 e. The average Bonchev–Trinajstić information content (AvgIpc) is 1.97. The molecule has 1 aromatic rings. The SMILES string of the molecule is Bc1cc(F)c(F)c(F)c1F. The highest BCUT2D eigenvalue weighted by Gasteiger charge is 2.15. The maximum absolute atomic E-state index is 12.4. The molecule has 0 amide bonds. The standard InChI is InChI=1S/C6H3BF4/c7-2-1-3(8)5(10)6(11)4(2)9/h1H,7H2. The van der Waals surface area contributed by atoms with Gasteiger partial charge in [0.2, 0.25) is 0 Å². The highest BCUT2D eigenvalue weighted by molar-refractivity contribution is 6.32. The Hall–Kier alpha value is -0.995. The van der Waals surface area contributed by atoms with Gasteiger partial charge in [0.15, 0.2) is 23.3 Å². The van der Waals surface area contributed by atoms with E-state index in [2.05, 4.69) is 0 Å². The fraction of sp³-hybridized carbons (Fsp3) is 0. The van der Waals surface area contributed by atoms with E-state index >= 15 is 0 Å². The van der Waals surface area contributed by atoms with E-state index in [1.165, 1.54) is 0 Å². The lowest BCUT2D eigenvalue weighted by Crippen LogP contribution is -2.14. The van der Waals surface area contributed by atoms with Gasteiger partial charge in [0.25, 0.3) is 0 Å². The highest BCUT2D eigenvalue weighted by Crippen LogP contribution is 2.10. The van der Waals surface area contributed by atoms with Crippen molar-refractivity contribution in [1.82, 2.24) is 0 Å². The van der Waals surface area contributed by atoms with Gasteiger partial charge >= 0.3 is 0 Å². The van der Waals surface area contributed by atoms with Crippen LogP contribution in [0.5, 0.6) is 0 Å². The molecular weight excluding hydrogens is 159 g/mol. The zero-order chi connectivity index (χ0) is 8.59. The normalized spacial score (nSPS) is 10.2. The second-order valence-electron chi connectivity index (χ2n) is 2.12. The average molecular weight is 162 g/mol. The van der Waals surface area contributed by atoms with Crippen LogP contribution in [0.2, 0.25) is 0 Å². The van der Waals surface area contributed by atoms with E-state index in [1.807, 2.05) is 0 Å². The minimum atomic E-state index is -1.77. The van der Waals surface area contributed by atoms with Crippen LogP contribution in [0.25, 0.3) is 0 Å². The molecule has 0 aromatic heterocycles. The summed E-state index contributed by atoms with van der Waals surface area (Å²) in [6.45, 7) is 0. The predicted octanol–water partition coefficient (Wildman–Crippen LogP) is 0.501. The molecule has 0 radical (unpaired) electrons. The largest absolute Gasteiger partial charge is 0.204 e. The van der Waals surface area contributed by atoms with Crippen molar-refractivity contribution in [2.24, 2.45) is 0 Å². The molecule has 0 saturated heterocycles. The first-order valence-electron chi connectivity index (χ1n) is 2.83. The van der Waals surface area contributed by atoms with Crippen LogP contribution in [-0.4, -0.2) is 7.85 Å². The van der Waals surface area contributed by atoms with Crippen molar-refractivity contribution < 1.29 is 17.6 Å². The van der Waals surface area contributed by atoms with Crippen molar-refractivity contribution in [3.05, 3.63) is 29.3 Å². The van der Waals surface area contributed by atoms with Gasteiger partial charge in [-0.1, -0.05) is 0 Å². The van der Waals surface area contributed by atoms with E-state index in [0.29, 0.717) is 6.07 Å². The van der Waals surface area contributed by atoms with Crippen molar-refractivity contribution in [1.29, 1.82) is 0 Å². The van der Waals surface area contributed by atoms with Gasteiger partial charge in [0, 0.05) is 0 Å². The zero-order valence-corrected chi connectivity index (χ0v) is 5.59. The minimum absolute atomic E-state index is 0.249. The Labute approximate surface area is 61.2 Å². The first kappa shape index (κ1) is 8.10. The van der Waals surface area contributed by atoms with Crippen molar-refractivity contribution in [2.75, 3.05) is 0 Å². The third-order valence-corrected chi connectivity index (χ3v) is 1.28. The molecule has 0 saturated carbocycles. The number of hydrogen-bond donors (Lipinski definition) is 0. The molecule has 0 unspecified atom stereocenters. The van der Waals surface area contributed by atoms with Crippen molar-refractivity contribution in [3.8, 4) is 0 Å².